The summed E-state index contributed by atoms with van der Waals surface area (Å²) >= 11 is 5.92. The SMILES string of the molecule is Cc1nnc2n1CC1CCC(C2)N1C(=O)Cc1ccc(Cl)cc1. The summed E-state index contributed by atoms with van der Waals surface area (Å²) in [6, 6.07) is 8.05. The summed E-state index contributed by atoms with van der Waals surface area (Å²) < 4.78 is 2.17. The third-order valence-corrected chi connectivity index (χ3v) is 5.25. The van der Waals surface area contributed by atoms with Gasteiger partial charge in [-0.1, -0.05) is 23.7 Å². The number of hydrogen-bond donors (Lipinski definition) is 0. The number of rotatable bonds is 2. The number of fused-ring (bicyclic) bond motifs is 3. The molecule has 0 spiro atoms. The average molecular weight is 331 g/mol. The number of aryl methyl sites for hydroxylation is 1. The monoisotopic (exact) mass is 330 g/mol. The Labute approximate surface area is 140 Å². The number of aromatic nitrogens is 3. The number of nitrogens with zero attached hydrogens (tertiary/aromatic N) is 4. The van der Waals surface area contributed by atoms with Gasteiger partial charge in [-0.25, -0.2) is 0 Å². The Hall–Kier alpha value is -1.88. The predicted octanol–water partition coefficient (Wildman–Crippen LogP) is 2.40. The molecule has 0 N–H and O–H groups in total. The molecule has 5 nitrogen and oxygen atoms in total. The summed E-state index contributed by atoms with van der Waals surface area (Å²) in [6.07, 6.45) is 3.37. The molecule has 120 valence electrons. The van der Waals surface area contributed by atoms with Gasteiger partial charge in [-0.05, 0) is 37.5 Å². The Morgan fingerprint density at radius 1 is 1.22 bits per heavy atom. The minimum atomic E-state index is 0.205. The summed E-state index contributed by atoms with van der Waals surface area (Å²) in [5.74, 6) is 2.16. The quantitative estimate of drug-likeness (QED) is 0.849. The molecule has 2 aliphatic heterocycles. The number of carbonyl (C=O) groups excluding carboxylic acids is 1. The van der Waals surface area contributed by atoms with Crippen LogP contribution in [0.25, 0.3) is 0 Å². The van der Waals surface area contributed by atoms with Crippen LogP contribution in [0.3, 0.4) is 0 Å². The van der Waals surface area contributed by atoms with Crippen LogP contribution in [0.4, 0.5) is 0 Å². The fourth-order valence-corrected chi connectivity index (χ4v) is 3.98. The first kappa shape index (κ1) is 14.7. The molecule has 1 saturated heterocycles. The van der Waals surface area contributed by atoms with Crippen molar-refractivity contribution >= 4 is 17.5 Å². The van der Waals surface area contributed by atoms with Crippen molar-refractivity contribution in [3.63, 3.8) is 0 Å². The first-order valence-electron chi connectivity index (χ1n) is 8.06. The Morgan fingerprint density at radius 3 is 2.74 bits per heavy atom. The third kappa shape index (κ3) is 2.63. The van der Waals surface area contributed by atoms with Gasteiger partial charge in [-0.2, -0.15) is 0 Å². The van der Waals surface area contributed by atoms with Crippen molar-refractivity contribution in [1.29, 1.82) is 0 Å². The fourth-order valence-electron chi connectivity index (χ4n) is 3.85. The highest BCUT2D eigenvalue weighted by molar-refractivity contribution is 6.30. The van der Waals surface area contributed by atoms with Gasteiger partial charge in [0.15, 0.2) is 0 Å². The molecule has 2 aliphatic rings. The molecule has 6 heteroatoms. The summed E-state index contributed by atoms with van der Waals surface area (Å²) in [5, 5.41) is 9.16. The molecule has 2 bridgehead atoms. The highest BCUT2D eigenvalue weighted by Crippen LogP contribution is 2.32. The van der Waals surface area contributed by atoms with Crippen LogP contribution < -0.4 is 0 Å². The van der Waals surface area contributed by atoms with Crippen LogP contribution in [-0.2, 0) is 24.2 Å². The van der Waals surface area contributed by atoms with E-state index >= 15 is 0 Å². The number of carbonyl (C=O) groups is 1. The molecule has 1 aromatic heterocycles. The van der Waals surface area contributed by atoms with Gasteiger partial charge in [0.2, 0.25) is 5.91 Å². The lowest BCUT2D eigenvalue weighted by atomic mass is 10.1. The molecule has 2 unspecified atom stereocenters. The summed E-state index contributed by atoms with van der Waals surface area (Å²) in [5.41, 5.74) is 1.01. The van der Waals surface area contributed by atoms with Gasteiger partial charge >= 0.3 is 0 Å². The highest BCUT2D eigenvalue weighted by atomic mass is 35.5. The van der Waals surface area contributed by atoms with Crippen LogP contribution >= 0.6 is 11.6 Å². The standard InChI is InChI=1S/C17H19ClN4O/c1-11-19-20-16-9-14-6-7-15(10-21(11)16)22(14)17(23)8-12-2-4-13(18)5-3-12/h2-5,14-15H,6-10H2,1H3. The van der Waals surface area contributed by atoms with Crippen molar-refractivity contribution < 1.29 is 4.79 Å². The second-order valence-electron chi connectivity index (χ2n) is 6.47. The van der Waals surface area contributed by atoms with Crippen molar-refractivity contribution in [3.05, 3.63) is 46.5 Å². The smallest absolute Gasteiger partial charge is 0.227 e. The molecule has 0 saturated carbocycles. The maximum Gasteiger partial charge on any atom is 0.227 e. The lowest BCUT2D eigenvalue weighted by molar-refractivity contribution is -0.133. The maximum atomic E-state index is 12.9. The molecule has 1 amide bonds. The summed E-state index contributed by atoms with van der Waals surface area (Å²) in [4.78, 5) is 15.0. The molecule has 23 heavy (non-hydrogen) atoms. The normalized spacial score (nSPS) is 22.8. The second-order valence-corrected chi connectivity index (χ2v) is 6.90. The Bertz CT molecular complexity index is 740. The lowest BCUT2D eigenvalue weighted by Gasteiger charge is -2.28. The van der Waals surface area contributed by atoms with E-state index in [4.69, 9.17) is 11.6 Å². The largest absolute Gasteiger partial charge is 0.334 e. The van der Waals surface area contributed by atoms with Gasteiger partial charge in [0.25, 0.3) is 0 Å². The van der Waals surface area contributed by atoms with Gasteiger partial charge in [-0.3, -0.25) is 4.79 Å². The highest BCUT2D eigenvalue weighted by Gasteiger charge is 2.40. The fraction of sp³-hybridized carbons (Fsp3) is 0.471. The van der Waals surface area contributed by atoms with Crippen LogP contribution in [0.2, 0.25) is 5.02 Å². The van der Waals surface area contributed by atoms with Gasteiger partial charge in [-0.15, -0.1) is 10.2 Å². The Morgan fingerprint density at radius 2 is 1.96 bits per heavy atom. The molecule has 0 aliphatic carbocycles. The zero-order chi connectivity index (χ0) is 16.0. The van der Waals surface area contributed by atoms with Crippen LogP contribution in [0.1, 0.15) is 30.1 Å². The molecule has 3 heterocycles. The van der Waals surface area contributed by atoms with Crippen molar-refractivity contribution in [1.82, 2.24) is 19.7 Å². The van der Waals surface area contributed by atoms with E-state index in [9.17, 15) is 4.79 Å². The Balaban J connectivity index is 1.55. The van der Waals surface area contributed by atoms with Crippen molar-refractivity contribution in [2.24, 2.45) is 0 Å². The van der Waals surface area contributed by atoms with Gasteiger partial charge in [0, 0.05) is 24.0 Å². The molecule has 2 aromatic rings. The van der Waals surface area contributed by atoms with Gasteiger partial charge < -0.3 is 9.47 Å². The first-order valence-corrected chi connectivity index (χ1v) is 8.44. The second kappa shape index (κ2) is 5.64. The number of benzene rings is 1. The summed E-state index contributed by atoms with van der Waals surface area (Å²) in [7, 11) is 0. The van der Waals surface area contributed by atoms with E-state index in [0.29, 0.717) is 11.4 Å². The van der Waals surface area contributed by atoms with Crippen molar-refractivity contribution in [3.8, 4) is 0 Å². The Kier molecular flexibility index (Phi) is 3.60. The molecule has 1 fully saturated rings. The molecule has 2 atom stereocenters. The van der Waals surface area contributed by atoms with Gasteiger partial charge in [0.05, 0.1) is 12.5 Å². The molecule has 4 rings (SSSR count). The van der Waals surface area contributed by atoms with E-state index in [2.05, 4.69) is 19.7 Å². The van der Waals surface area contributed by atoms with E-state index in [1.807, 2.05) is 31.2 Å². The minimum absolute atomic E-state index is 0.205. The van der Waals surface area contributed by atoms with Crippen molar-refractivity contribution in [2.75, 3.05) is 0 Å². The van der Waals surface area contributed by atoms with Crippen LogP contribution in [0.15, 0.2) is 24.3 Å². The minimum Gasteiger partial charge on any atom is -0.334 e. The first-order chi connectivity index (χ1) is 11.1. The van der Waals surface area contributed by atoms with E-state index < -0.39 is 0 Å². The summed E-state index contributed by atoms with van der Waals surface area (Å²) in [6.45, 7) is 2.80. The topological polar surface area (TPSA) is 51.0 Å². The van der Waals surface area contributed by atoms with E-state index in [0.717, 1.165) is 43.0 Å². The van der Waals surface area contributed by atoms with E-state index in [1.54, 1.807) is 0 Å². The van der Waals surface area contributed by atoms with Crippen LogP contribution in [-0.4, -0.2) is 37.7 Å². The number of amides is 1. The van der Waals surface area contributed by atoms with Crippen molar-refractivity contribution in [2.45, 2.75) is 51.2 Å². The van der Waals surface area contributed by atoms with E-state index in [1.165, 1.54) is 0 Å². The van der Waals surface area contributed by atoms with Gasteiger partial charge in [0.1, 0.15) is 11.6 Å². The average Bonchev–Trinajstić information content (AvgIpc) is 3.01. The zero-order valence-electron chi connectivity index (χ0n) is 13.1. The maximum absolute atomic E-state index is 12.9. The molecular formula is C17H19ClN4O. The molecule has 1 aromatic carbocycles. The van der Waals surface area contributed by atoms with Crippen LogP contribution in [0, 0.1) is 6.92 Å². The lowest BCUT2D eigenvalue weighted by Crippen LogP contribution is -2.42. The number of halogens is 1. The molecule has 0 radical (unpaired) electrons. The van der Waals surface area contributed by atoms with Crippen LogP contribution in [0.5, 0.6) is 0 Å². The third-order valence-electron chi connectivity index (χ3n) is 5.00. The predicted molar refractivity (Wildman–Crippen MR) is 87.3 cm³/mol. The number of hydrogen-bond acceptors (Lipinski definition) is 3. The molecular weight excluding hydrogens is 312 g/mol. The zero-order valence-corrected chi connectivity index (χ0v) is 13.8. The van der Waals surface area contributed by atoms with E-state index in [-0.39, 0.29) is 18.0 Å².